The van der Waals surface area contributed by atoms with Gasteiger partial charge in [0, 0.05) is 18.9 Å². The summed E-state index contributed by atoms with van der Waals surface area (Å²) < 4.78 is 11.6. The highest BCUT2D eigenvalue weighted by atomic mass is 16.5. The lowest BCUT2D eigenvalue weighted by molar-refractivity contribution is -0.137. The van der Waals surface area contributed by atoms with Crippen LogP contribution in [-0.4, -0.2) is 36.5 Å². The summed E-state index contributed by atoms with van der Waals surface area (Å²) in [5.74, 6) is 0.407. The highest BCUT2D eigenvalue weighted by Gasteiger charge is 2.47. The van der Waals surface area contributed by atoms with Crippen molar-refractivity contribution in [2.45, 2.75) is 57.7 Å². The summed E-state index contributed by atoms with van der Waals surface area (Å²) in [6.45, 7) is 3.62. The number of rotatable bonds is 9. The summed E-state index contributed by atoms with van der Waals surface area (Å²) in [6, 6.07) is 0. The van der Waals surface area contributed by atoms with Gasteiger partial charge in [0.05, 0.1) is 18.8 Å². The Morgan fingerprint density at radius 1 is 1.30 bits per heavy atom. The quantitative estimate of drug-likeness (QED) is 0.522. The molecule has 4 atom stereocenters. The minimum atomic E-state index is -0.711. The van der Waals surface area contributed by atoms with Gasteiger partial charge in [0.15, 0.2) is 0 Å². The van der Waals surface area contributed by atoms with Crippen LogP contribution in [0.15, 0.2) is 12.2 Å². The van der Waals surface area contributed by atoms with Crippen molar-refractivity contribution < 1.29 is 19.4 Å². The molecular weight excluding hydrogens is 256 g/mol. The van der Waals surface area contributed by atoms with Crippen LogP contribution in [0.4, 0.5) is 0 Å². The molecule has 2 aliphatic heterocycles. The predicted octanol–water partition coefficient (Wildman–Crippen LogP) is 3.02. The van der Waals surface area contributed by atoms with E-state index in [2.05, 4.69) is 12.2 Å². The molecule has 0 aliphatic carbocycles. The van der Waals surface area contributed by atoms with E-state index in [1.165, 1.54) is 12.8 Å². The molecule has 2 bridgehead atoms. The molecule has 2 heterocycles. The van der Waals surface area contributed by atoms with E-state index in [1.54, 1.807) is 0 Å². The molecule has 0 amide bonds. The lowest BCUT2D eigenvalue weighted by Crippen LogP contribution is -2.30. The topological polar surface area (TPSA) is 55.8 Å². The van der Waals surface area contributed by atoms with Crippen molar-refractivity contribution in [1.29, 1.82) is 0 Å². The van der Waals surface area contributed by atoms with Crippen LogP contribution in [-0.2, 0) is 14.3 Å². The molecule has 4 heteroatoms. The van der Waals surface area contributed by atoms with Crippen LogP contribution >= 0.6 is 0 Å². The molecule has 0 aromatic heterocycles. The number of hydrogen-bond acceptors (Lipinski definition) is 3. The molecule has 0 aromatic rings. The van der Waals surface area contributed by atoms with Crippen molar-refractivity contribution in [3.63, 3.8) is 0 Å². The second-order valence-corrected chi connectivity index (χ2v) is 5.77. The zero-order valence-electron chi connectivity index (χ0n) is 12.3. The minimum Gasteiger partial charge on any atom is -0.481 e. The minimum absolute atomic E-state index is 0.258. The highest BCUT2D eigenvalue weighted by Crippen LogP contribution is 2.45. The van der Waals surface area contributed by atoms with Gasteiger partial charge in [-0.1, -0.05) is 12.2 Å². The Bertz CT molecular complexity index is 339. The third kappa shape index (κ3) is 4.06. The number of fused-ring (bicyclic) bond motifs is 2. The van der Waals surface area contributed by atoms with E-state index >= 15 is 0 Å². The highest BCUT2D eigenvalue weighted by molar-refractivity contribution is 5.66. The van der Waals surface area contributed by atoms with E-state index in [9.17, 15) is 4.79 Å². The number of carbonyl (C=O) groups is 1. The zero-order chi connectivity index (χ0) is 14.4. The standard InChI is InChI=1S/C16H26O4/c1-2-19-11-13-12(14-9-10-15(13)20-14)7-5-3-4-6-8-16(17)18/h3,5,12-15H,2,4,6-11H2,1H3,(H,17,18)/t12-,13+,14-,15+/m1/s1. The molecule has 2 aliphatic rings. The zero-order valence-corrected chi connectivity index (χ0v) is 12.3. The van der Waals surface area contributed by atoms with Crippen LogP contribution in [0.5, 0.6) is 0 Å². The first-order chi connectivity index (χ1) is 9.72. The Morgan fingerprint density at radius 3 is 2.75 bits per heavy atom. The number of allylic oxidation sites excluding steroid dienone is 2. The molecule has 0 radical (unpaired) electrons. The van der Waals surface area contributed by atoms with Crippen LogP contribution < -0.4 is 0 Å². The number of carboxylic acids is 1. The largest absolute Gasteiger partial charge is 0.481 e. The summed E-state index contributed by atoms with van der Waals surface area (Å²) in [4.78, 5) is 10.4. The molecule has 0 spiro atoms. The number of aliphatic carboxylic acids is 1. The summed E-state index contributed by atoms with van der Waals surface area (Å²) in [5, 5.41) is 8.58. The smallest absolute Gasteiger partial charge is 0.303 e. The monoisotopic (exact) mass is 282 g/mol. The van der Waals surface area contributed by atoms with Crippen LogP contribution in [0.25, 0.3) is 0 Å². The van der Waals surface area contributed by atoms with Crippen LogP contribution in [0.1, 0.15) is 45.4 Å². The lowest BCUT2D eigenvalue weighted by atomic mass is 9.78. The Balaban J connectivity index is 1.72. The molecule has 0 saturated carbocycles. The summed E-state index contributed by atoms with van der Waals surface area (Å²) >= 11 is 0. The Morgan fingerprint density at radius 2 is 2.05 bits per heavy atom. The van der Waals surface area contributed by atoms with Gasteiger partial charge in [-0.25, -0.2) is 0 Å². The molecular formula is C16H26O4. The number of ether oxygens (including phenoxy) is 2. The van der Waals surface area contributed by atoms with Gasteiger partial charge in [-0.3, -0.25) is 4.79 Å². The number of unbranched alkanes of at least 4 members (excludes halogenated alkanes) is 1. The van der Waals surface area contributed by atoms with Gasteiger partial charge in [0.1, 0.15) is 0 Å². The molecule has 2 rings (SSSR count). The van der Waals surface area contributed by atoms with Crippen molar-refractivity contribution in [3.8, 4) is 0 Å². The normalized spacial score (nSPS) is 32.2. The molecule has 0 aromatic carbocycles. The van der Waals surface area contributed by atoms with Gasteiger partial charge in [0.2, 0.25) is 0 Å². The third-order valence-corrected chi connectivity index (χ3v) is 4.44. The van der Waals surface area contributed by atoms with Crippen LogP contribution in [0.2, 0.25) is 0 Å². The van der Waals surface area contributed by atoms with Crippen molar-refractivity contribution in [1.82, 2.24) is 0 Å². The van der Waals surface area contributed by atoms with Crippen molar-refractivity contribution in [3.05, 3.63) is 12.2 Å². The van der Waals surface area contributed by atoms with Crippen LogP contribution in [0.3, 0.4) is 0 Å². The fourth-order valence-corrected chi connectivity index (χ4v) is 3.42. The summed E-state index contributed by atoms with van der Waals surface area (Å²) in [7, 11) is 0. The molecule has 114 valence electrons. The molecule has 4 nitrogen and oxygen atoms in total. The van der Waals surface area contributed by atoms with Gasteiger partial charge in [-0.15, -0.1) is 0 Å². The van der Waals surface area contributed by atoms with E-state index in [4.69, 9.17) is 14.6 Å². The van der Waals surface area contributed by atoms with Gasteiger partial charge < -0.3 is 14.6 Å². The second kappa shape index (κ2) is 7.79. The van der Waals surface area contributed by atoms with Crippen LogP contribution in [0, 0.1) is 11.8 Å². The summed E-state index contributed by atoms with van der Waals surface area (Å²) in [5.41, 5.74) is 0. The molecule has 1 N–H and O–H groups in total. The van der Waals surface area contributed by atoms with E-state index in [1.807, 2.05) is 6.92 Å². The van der Waals surface area contributed by atoms with E-state index < -0.39 is 5.97 Å². The van der Waals surface area contributed by atoms with Crippen molar-refractivity contribution in [2.24, 2.45) is 11.8 Å². The van der Waals surface area contributed by atoms with Gasteiger partial charge in [-0.05, 0) is 44.9 Å². The maximum Gasteiger partial charge on any atom is 0.303 e. The Hall–Kier alpha value is -0.870. The molecule has 2 fully saturated rings. The first kappa shape index (κ1) is 15.5. The van der Waals surface area contributed by atoms with E-state index in [0.717, 1.165) is 32.5 Å². The van der Waals surface area contributed by atoms with E-state index in [0.29, 0.717) is 24.0 Å². The van der Waals surface area contributed by atoms with Crippen molar-refractivity contribution in [2.75, 3.05) is 13.2 Å². The number of hydrogen-bond donors (Lipinski definition) is 1. The maximum atomic E-state index is 10.4. The first-order valence-corrected chi connectivity index (χ1v) is 7.82. The fourth-order valence-electron chi connectivity index (χ4n) is 3.42. The van der Waals surface area contributed by atoms with Crippen molar-refractivity contribution >= 4 is 5.97 Å². The maximum absolute atomic E-state index is 10.4. The van der Waals surface area contributed by atoms with Gasteiger partial charge >= 0.3 is 5.97 Å². The predicted molar refractivity (Wildman–Crippen MR) is 76.6 cm³/mol. The van der Waals surface area contributed by atoms with Gasteiger partial charge in [0.25, 0.3) is 0 Å². The Labute approximate surface area is 121 Å². The van der Waals surface area contributed by atoms with E-state index in [-0.39, 0.29) is 6.42 Å². The first-order valence-electron chi connectivity index (χ1n) is 7.82. The SMILES string of the molecule is CCOC[C@H]1[C@@H](CC=CCCCC(=O)O)[C@H]2CC[C@@H]1O2. The molecule has 0 unspecified atom stereocenters. The lowest BCUT2D eigenvalue weighted by Gasteiger charge is -2.26. The molecule has 20 heavy (non-hydrogen) atoms. The fraction of sp³-hybridized carbons (Fsp3) is 0.812. The summed E-state index contributed by atoms with van der Waals surface area (Å²) in [6.07, 6.45) is 10.4. The number of carboxylic acid groups (broad SMARTS) is 1. The second-order valence-electron chi connectivity index (χ2n) is 5.77. The average molecular weight is 282 g/mol. The third-order valence-electron chi connectivity index (χ3n) is 4.44. The Kier molecular flexibility index (Phi) is 6.05. The average Bonchev–Trinajstić information content (AvgIpc) is 3.01. The molecule has 2 saturated heterocycles. The van der Waals surface area contributed by atoms with Gasteiger partial charge in [-0.2, -0.15) is 0 Å².